The third kappa shape index (κ3) is 1.50. The minimum atomic E-state index is 0.00200. The molecule has 0 unspecified atom stereocenters. The van der Waals surface area contributed by atoms with Gasteiger partial charge >= 0.3 is 0 Å². The zero-order valence-corrected chi connectivity index (χ0v) is 9.63. The van der Waals surface area contributed by atoms with Gasteiger partial charge in [-0.1, -0.05) is 13.8 Å². The lowest BCUT2D eigenvalue weighted by Gasteiger charge is -1.96. The first-order valence-electron chi connectivity index (χ1n) is 4.48. The Kier molecular flexibility index (Phi) is 2.23. The first-order valence-corrected chi connectivity index (χ1v) is 5.27. The Balaban J connectivity index is 2.72. The zero-order chi connectivity index (χ0) is 10.3. The van der Waals surface area contributed by atoms with Gasteiger partial charge in [0, 0.05) is 24.2 Å². The maximum atomic E-state index is 11.3. The topological polar surface area (TPSA) is 37.3 Å². The molecule has 2 aromatic heterocycles. The fourth-order valence-electron chi connectivity index (χ4n) is 1.35. The molecule has 1 N–H and O–H groups in total. The van der Waals surface area contributed by atoms with E-state index >= 15 is 0 Å². The summed E-state index contributed by atoms with van der Waals surface area (Å²) in [6.45, 7) is 4.22. The highest BCUT2D eigenvalue weighted by Gasteiger charge is 2.05. The van der Waals surface area contributed by atoms with E-state index in [0.29, 0.717) is 10.4 Å². The molecule has 0 aliphatic rings. The second-order valence-electron chi connectivity index (χ2n) is 3.64. The van der Waals surface area contributed by atoms with E-state index in [1.165, 1.54) is 0 Å². The van der Waals surface area contributed by atoms with E-state index in [2.05, 4.69) is 34.8 Å². The molecular formula is C10H11BrN2O. The van der Waals surface area contributed by atoms with Crippen LogP contribution in [-0.4, -0.2) is 9.38 Å². The summed E-state index contributed by atoms with van der Waals surface area (Å²) in [5.74, 6) is 0.434. The van der Waals surface area contributed by atoms with Crippen molar-refractivity contribution in [2.45, 2.75) is 19.8 Å². The molecule has 74 valence electrons. The smallest absolute Gasteiger partial charge is 0.197 e. The molecule has 3 nitrogen and oxygen atoms in total. The summed E-state index contributed by atoms with van der Waals surface area (Å²) in [5.41, 5.74) is 1.96. The van der Waals surface area contributed by atoms with Crippen LogP contribution in [0.1, 0.15) is 25.5 Å². The van der Waals surface area contributed by atoms with E-state index in [9.17, 15) is 4.79 Å². The second-order valence-corrected chi connectivity index (χ2v) is 4.50. The van der Waals surface area contributed by atoms with E-state index < -0.39 is 0 Å². The molecule has 0 amide bonds. The van der Waals surface area contributed by atoms with Crippen LogP contribution in [0.2, 0.25) is 0 Å². The lowest BCUT2D eigenvalue weighted by atomic mass is 10.2. The van der Waals surface area contributed by atoms with E-state index in [0.717, 1.165) is 11.3 Å². The monoisotopic (exact) mass is 254 g/mol. The Hall–Kier alpha value is -1.03. The average Bonchev–Trinajstić information content (AvgIpc) is 2.48. The van der Waals surface area contributed by atoms with Gasteiger partial charge in [0.15, 0.2) is 5.43 Å². The Morgan fingerprint density at radius 3 is 2.79 bits per heavy atom. The molecule has 0 spiro atoms. The van der Waals surface area contributed by atoms with Gasteiger partial charge in [0.1, 0.15) is 5.65 Å². The predicted molar refractivity (Wildman–Crippen MR) is 59.8 cm³/mol. The second kappa shape index (κ2) is 3.28. The highest BCUT2D eigenvalue weighted by atomic mass is 79.9. The van der Waals surface area contributed by atoms with Crippen molar-refractivity contribution in [3.05, 3.63) is 38.9 Å². The molecule has 4 heteroatoms. The van der Waals surface area contributed by atoms with Gasteiger partial charge in [0.2, 0.25) is 0 Å². The number of hydrogen-bond donors (Lipinski definition) is 1. The van der Waals surface area contributed by atoms with Gasteiger partial charge in [0.05, 0.1) is 4.47 Å². The summed E-state index contributed by atoms with van der Waals surface area (Å²) in [4.78, 5) is 14.5. The number of imidazole rings is 1. The highest BCUT2D eigenvalue weighted by molar-refractivity contribution is 9.10. The number of H-pyrrole nitrogens is 1. The maximum absolute atomic E-state index is 11.3. The van der Waals surface area contributed by atoms with Crippen LogP contribution in [-0.2, 0) is 0 Å². The fourth-order valence-corrected chi connectivity index (χ4v) is 1.69. The molecule has 0 saturated carbocycles. The number of aromatic nitrogens is 2. The van der Waals surface area contributed by atoms with E-state index in [-0.39, 0.29) is 5.43 Å². The molecule has 0 aliphatic heterocycles. The molecule has 14 heavy (non-hydrogen) atoms. The Labute approximate surface area is 89.9 Å². The standard InChI is InChI=1S/C10H11BrN2O/c1-6(2)8-5-13-4-7(11)9(14)3-10(13)12-8/h3-6,12H,1-2H3. The number of pyridine rings is 1. The van der Waals surface area contributed by atoms with Crippen molar-refractivity contribution in [3.63, 3.8) is 0 Å². The van der Waals surface area contributed by atoms with Crippen LogP contribution >= 0.6 is 15.9 Å². The summed E-state index contributed by atoms with van der Waals surface area (Å²) < 4.78 is 2.50. The van der Waals surface area contributed by atoms with Crippen LogP contribution in [0, 0.1) is 0 Å². The van der Waals surface area contributed by atoms with Gasteiger partial charge in [-0.15, -0.1) is 0 Å². The highest BCUT2D eigenvalue weighted by Crippen LogP contribution is 2.14. The minimum Gasteiger partial charge on any atom is -0.343 e. The van der Waals surface area contributed by atoms with Crippen LogP contribution in [0.3, 0.4) is 0 Å². The summed E-state index contributed by atoms with van der Waals surface area (Å²) in [6, 6.07) is 1.59. The van der Waals surface area contributed by atoms with Crippen LogP contribution in [0.15, 0.2) is 27.7 Å². The van der Waals surface area contributed by atoms with Gasteiger partial charge in [0.25, 0.3) is 0 Å². The van der Waals surface area contributed by atoms with Crippen LogP contribution in [0.4, 0.5) is 0 Å². The molecule has 0 radical (unpaired) electrons. The van der Waals surface area contributed by atoms with Gasteiger partial charge in [-0.3, -0.25) is 4.79 Å². The fraction of sp³-hybridized carbons (Fsp3) is 0.300. The number of fused-ring (bicyclic) bond motifs is 1. The van der Waals surface area contributed by atoms with Gasteiger partial charge < -0.3 is 9.38 Å². The van der Waals surface area contributed by atoms with Crippen LogP contribution in [0.5, 0.6) is 0 Å². The van der Waals surface area contributed by atoms with Crippen LogP contribution in [0.25, 0.3) is 5.65 Å². The number of hydrogen-bond acceptors (Lipinski definition) is 1. The van der Waals surface area contributed by atoms with Crippen molar-refractivity contribution in [1.82, 2.24) is 9.38 Å². The molecular weight excluding hydrogens is 244 g/mol. The van der Waals surface area contributed by atoms with E-state index in [4.69, 9.17) is 0 Å². The van der Waals surface area contributed by atoms with Crippen molar-refractivity contribution in [1.29, 1.82) is 0 Å². The van der Waals surface area contributed by atoms with Crippen molar-refractivity contribution in [2.75, 3.05) is 0 Å². The number of halogens is 1. The zero-order valence-electron chi connectivity index (χ0n) is 8.04. The summed E-state index contributed by atoms with van der Waals surface area (Å²) >= 11 is 3.22. The van der Waals surface area contributed by atoms with Gasteiger partial charge in [-0.2, -0.15) is 0 Å². The Bertz CT molecular complexity index is 524. The number of nitrogens with one attached hydrogen (secondary N) is 1. The average molecular weight is 255 g/mol. The Morgan fingerprint density at radius 2 is 2.14 bits per heavy atom. The molecule has 0 aliphatic carbocycles. The third-order valence-electron chi connectivity index (χ3n) is 2.21. The van der Waals surface area contributed by atoms with Crippen LogP contribution < -0.4 is 5.43 Å². The largest absolute Gasteiger partial charge is 0.343 e. The lowest BCUT2D eigenvalue weighted by molar-refractivity contribution is 0.834. The first-order chi connectivity index (χ1) is 6.58. The molecule has 2 heterocycles. The van der Waals surface area contributed by atoms with Gasteiger partial charge in [-0.25, -0.2) is 0 Å². The normalized spacial score (nSPS) is 11.4. The lowest BCUT2D eigenvalue weighted by Crippen LogP contribution is -2.01. The van der Waals surface area contributed by atoms with Crippen molar-refractivity contribution in [3.8, 4) is 0 Å². The quantitative estimate of drug-likeness (QED) is 0.835. The molecule has 0 aromatic carbocycles. The maximum Gasteiger partial charge on any atom is 0.197 e. The SMILES string of the molecule is CC(C)c1cn2cc(Br)c(=O)cc2[nH]1. The predicted octanol–water partition coefficient (Wildman–Crippen LogP) is 2.51. The summed E-state index contributed by atoms with van der Waals surface area (Å²) in [6.07, 6.45) is 3.78. The summed E-state index contributed by atoms with van der Waals surface area (Å²) in [7, 11) is 0. The van der Waals surface area contributed by atoms with Crippen molar-refractivity contribution < 1.29 is 0 Å². The molecule has 2 rings (SSSR count). The molecule has 0 atom stereocenters. The molecule has 0 saturated heterocycles. The van der Waals surface area contributed by atoms with Crippen molar-refractivity contribution in [2.24, 2.45) is 0 Å². The summed E-state index contributed by atoms with van der Waals surface area (Å²) in [5, 5.41) is 0. The minimum absolute atomic E-state index is 0.00200. The number of rotatable bonds is 1. The van der Waals surface area contributed by atoms with Crippen molar-refractivity contribution >= 4 is 21.6 Å². The first kappa shape index (κ1) is 9.52. The number of nitrogens with zero attached hydrogens (tertiary/aromatic N) is 1. The molecule has 2 aromatic rings. The molecule has 0 fully saturated rings. The van der Waals surface area contributed by atoms with Gasteiger partial charge in [-0.05, 0) is 21.8 Å². The third-order valence-corrected chi connectivity index (χ3v) is 2.80. The number of aromatic amines is 1. The Morgan fingerprint density at radius 1 is 1.43 bits per heavy atom. The van der Waals surface area contributed by atoms with E-state index in [1.807, 2.05) is 10.6 Å². The van der Waals surface area contributed by atoms with E-state index in [1.54, 1.807) is 12.3 Å². The molecule has 0 bridgehead atoms.